The quantitative estimate of drug-likeness (QED) is 0.140. The first-order valence-corrected chi connectivity index (χ1v) is 16.1. The van der Waals surface area contributed by atoms with Crippen LogP contribution in [0.25, 0.3) is 0 Å². The average molecular weight is 621 g/mol. The summed E-state index contributed by atoms with van der Waals surface area (Å²) in [7, 11) is 1.25. The first-order chi connectivity index (χ1) is 21.1. The van der Waals surface area contributed by atoms with Gasteiger partial charge in [0.05, 0.1) is 19.6 Å². The number of methoxy groups -OCH3 is 1. The molecule has 5 fully saturated rings. The van der Waals surface area contributed by atoms with Gasteiger partial charge in [0.15, 0.2) is 5.78 Å². The molecular weight excluding hydrogens is 580 g/mol. The summed E-state index contributed by atoms with van der Waals surface area (Å²) in [5.41, 5.74) is 0.979. The van der Waals surface area contributed by atoms with E-state index in [0.717, 1.165) is 17.6 Å². The second-order valence-electron chi connectivity index (χ2n) is 15.3. The molecule has 10 nitrogen and oxygen atoms in total. The van der Waals surface area contributed by atoms with Crippen LogP contribution in [0.4, 0.5) is 0 Å². The van der Waals surface area contributed by atoms with Crippen LogP contribution in [0, 0.1) is 52.3 Å². The van der Waals surface area contributed by atoms with Crippen LogP contribution in [-0.4, -0.2) is 70.2 Å². The first-order valence-electron chi connectivity index (χ1n) is 16.1. The number of fused-ring (bicyclic) bond motifs is 7. The summed E-state index contributed by atoms with van der Waals surface area (Å²) in [6.45, 7) is 8.58. The van der Waals surface area contributed by atoms with Crippen LogP contribution in [-0.2, 0) is 33.4 Å². The summed E-state index contributed by atoms with van der Waals surface area (Å²) in [6, 6.07) is 0. The summed E-state index contributed by atoms with van der Waals surface area (Å²) < 4.78 is 17.6. The van der Waals surface area contributed by atoms with Gasteiger partial charge in [-0.3, -0.25) is 4.79 Å². The molecular formula is C35H40O10. The van der Waals surface area contributed by atoms with Crippen LogP contribution in [0.3, 0.4) is 0 Å². The summed E-state index contributed by atoms with van der Waals surface area (Å²) in [4.78, 5) is 54.1. The average Bonchev–Trinajstić information content (AvgIpc) is 3.91. The lowest BCUT2D eigenvalue weighted by Crippen LogP contribution is -2.67. The normalized spacial score (nSPS) is 49.3. The minimum atomic E-state index is -1.80. The second-order valence-corrected chi connectivity index (χ2v) is 15.3. The molecule has 8 rings (SSSR count). The van der Waals surface area contributed by atoms with Crippen LogP contribution >= 0.6 is 0 Å². The molecule has 0 unspecified atom stereocenters. The van der Waals surface area contributed by atoms with E-state index in [0.29, 0.717) is 29.6 Å². The molecule has 1 spiro atoms. The van der Waals surface area contributed by atoms with Crippen molar-refractivity contribution in [1.29, 1.82) is 0 Å². The number of aliphatic hydroxyl groups excluding tert-OH is 2. The predicted octanol–water partition coefficient (Wildman–Crippen LogP) is 2.47. The molecule has 5 saturated carbocycles. The molecule has 0 aromatic heterocycles. The van der Waals surface area contributed by atoms with E-state index in [-0.39, 0.29) is 53.8 Å². The number of carbonyl (C=O) groups is 4. The molecule has 0 aromatic rings. The zero-order valence-corrected chi connectivity index (χ0v) is 26.4. The lowest BCUT2D eigenvalue weighted by molar-refractivity contribution is -0.254. The van der Waals surface area contributed by atoms with Gasteiger partial charge in [0.2, 0.25) is 5.79 Å². The number of Topliss-reactive ketones (excluding diaryl/α,β-unsaturated/α-hetero) is 1. The van der Waals surface area contributed by atoms with E-state index in [4.69, 9.17) is 14.2 Å². The fraction of sp³-hybridized carbons (Fsp3) is 0.657. The van der Waals surface area contributed by atoms with Crippen molar-refractivity contribution in [3.8, 4) is 0 Å². The highest BCUT2D eigenvalue weighted by Gasteiger charge is 2.85. The number of ether oxygens (including phenoxy) is 3. The van der Waals surface area contributed by atoms with E-state index in [1.54, 1.807) is 13.8 Å². The van der Waals surface area contributed by atoms with Gasteiger partial charge < -0.3 is 29.5 Å². The Morgan fingerprint density at radius 3 is 2.44 bits per heavy atom. The highest BCUT2D eigenvalue weighted by atomic mass is 16.7. The van der Waals surface area contributed by atoms with Crippen molar-refractivity contribution in [3.63, 3.8) is 0 Å². The summed E-state index contributed by atoms with van der Waals surface area (Å²) >= 11 is 0. The molecule has 8 aliphatic rings. The van der Waals surface area contributed by atoms with E-state index in [1.165, 1.54) is 20.1 Å². The maximum atomic E-state index is 14.3. The highest BCUT2D eigenvalue weighted by Crippen LogP contribution is 2.83. The number of allylic oxidation sites excluding steroid dienone is 1. The Morgan fingerprint density at radius 2 is 1.78 bits per heavy atom. The standard InChI is InChI=1S/C35H40O10/c1-13(12-36)7-24(37)44-35(42)21-10-20(21)32(4)22-9-17-16-8-19(16)33(5)26(17)27(25(28(38)29(33)39)15(3)30(40)43-6)34(22)18(11-23(32)35)14(2)31(41)45-34/h7,16,19-23,27,29,36,39,42H,8-12H2,1-6H3/b13-7+,25-15-/t16-,19-,20-,21+,22+,23-,27+,29+,32-,33+,34+,35-/m1/s1. The van der Waals surface area contributed by atoms with Gasteiger partial charge in [0, 0.05) is 46.0 Å². The van der Waals surface area contributed by atoms with Crippen LogP contribution in [0.5, 0.6) is 0 Å². The summed E-state index contributed by atoms with van der Waals surface area (Å²) in [5, 5.41) is 33.4. The SMILES string of the molecule is COC(=O)/C(C)=C1\C(=O)[C@H](O)[C@]2(C)C3=C(C[C@@H]4[C@]5(OC(=O)C(C)=C5C[C@H]5[C@](O)(OC(=O)/C=C(\C)CO)[C@H]6C[C@H]6[C@]45C)[C@H]31)[C@H]1C[C@H]12. The van der Waals surface area contributed by atoms with Gasteiger partial charge >= 0.3 is 17.9 Å². The van der Waals surface area contributed by atoms with Crippen LogP contribution in [0.2, 0.25) is 0 Å². The number of ketones is 1. The molecule has 0 radical (unpaired) electrons. The van der Waals surface area contributed by atoms with Gasteiger partial charge in [-0.2, -0.15) is 0 Å². The van der Waals surface area contributed by atoms with Crippen molar-refractivity contribution < 1.29 is 48.7 Å². The molecule has 0 bridgehead atoms. The minimum Gasteiger partial charge on any atom is -0.466 e. The van der Waals surface area contributed by atoms with Crippen molar-refractivity contribution in [2.24, 2.45) is 52.3 Å². The third-order valence-electron chi connectivity index (χ3n) is 13.8. The Bertz CT molecular complexity index is 1660. The van der Waals surface area contributed by atoms with Gasteiger partial charge in [0.25, 0.3) is 0 Å². The number of esters is 3. The zero-order valence-electron chi connectivity index (χ0n) is 26.4. The molecule has 1 aliphatic heterocycles. The number of rotatable bonds is 4. The number of carbonyl (C=O) groups excluding carboxylic acids is 4. The number of aliphatic hydroxyl groups is 3. The molecule has 10 heteroatoms. The monoisotopic (exact) mass is 620 g/mol. The van der Waals surface area contributed by atoms with Crippen LogP contribution in [0.1, 0.15) is 60.3 Å². The molecule has 0 amide bonds. The van der Waals surface area contributed by atoms with E-state index in [9.17, 15) is 34.5 Å². The molecule has 0 aromatic carbocycles. The Balaban J connectivity index is 1.36. The van der Waals surface area contributed by atoms with Gasteiger partial charge in [-0.05, 0) is 86.3 Å². The molecule has 1 heterocycles. The van der Waals surface area contributed by atoms with Crippen molar-refractivity contribution >= 4 is 23.7 Å². The van der Waals surface area contributed by atoms with E-state index < -0.39 is 63.8 Å². The summed E-state index contributed by atoms with van der Waals surface area (Å²) in [6.07, 6.45) is 2.10. The van der Waals surface area contributed by atoms with Crippen molar-refractivity contribution in [1.82, 2.24) is 0 Å². The van der Waals surface area contributed by atoms with E-state index in [1.807, 2.05) is 6.92 Å². The predicted molar refractivity (Wildman–Crippen MR) is 155 cm³/mol. The summed E-state index contributed by atoms with van der Waals surface area (Å²) in [5.74, 6) is -6.05. The highest BCUT2D eigenvalue weighted by molar-refractivity contribution is 6.09. The smallest absolute Gasteiger partial charge is 0.334 e. The van der Waals surface area contributed by atoms with E-state index >= 15 is 0 Å². The molecule has 12 atom stereocenters. The molecule has 45 heavy (non-hydrogen) atoms. The molecule has 7 aliphatic carbocycles. The lowest BCUT2D eigenvalue weighted by Gasteiger charge is -2.63. The Kier molecular flexibility index (Phi) is 5.63. The van der Waals surface area contributed by atoms with Crippen molar-refractivity contribution in [3.05, 3.63) is 45.1 Å². The minimum absolute atomic E-state index is 0.0322. The topological polar surface area (TPSA) is 157 Å². The van der Waals surface area contributed by atoms with Crippen LogP contribution < -0.4 is 0 Å². The fourth-order valence-electron chi connectivity index (χ4n) is 11.6. The maximum Gasteiger partial charge on any atom is 0.334 e. The van der Waals surface area contributed by atoms with Crippen molar-refractivity contribution in [2.75, 3.05) is 13.7 Å². The van der Waals surface area contributed by atoms with E-state index in [2.05, 4.69) is 6.92 Å². The van der Waals surface area contributed by atoms with Crippen LogP contribution in [0.15, 0.2) is 45.1 Å². The van der Waals surface area contributed by atoms with Gasteiger partial charge in [-0.15, -0.1) is 0 Å². The van der Waals surface area contributed by atoms with Gasteiger partial charge in [-0.25, -0.2) is 14.4 Å². The maximum absolute atomic E-state index is 14.3. The van der Waals surface area contributed by atoms with Crippen molar-refractivity contribution in [2.45, 2.75) is 77.8 Å². The fourth-order valence-corrected chi connectivity index (χ4v) is 11.6. The number of hydrogen-bond acceptors (Lipinski definition) is 10. The Labute approximate surface area is 261 Å². The largest absolute Gasteiger partial charge is 0.466 e. The Morgan fingerprint density at radius 1 is 1.07 bits per heavy atom. The van der Waals surface area contributed by atoms with Gasteiger partial charge in [0.1, 0.15) is 11.7 Å². The molecule has 240 valence electrons. The lowest BCUT2D eigenvalue weighted by atomic mass is 9.42. The first kappa shape index (κ1) is 29.3. The third kappa shape index (κ3) is 3.12. The number of hydrogen-bond donors (Lipinski definition) is 3. The van der Waals surface area contributed by atoms with Gasteiger partial charge in [-0.1, -0.05) is 19.4 Å². The molecule has 3 N–H and O–H groups in total. The zero-order chi connectivity index (χ0) is 32.3. The second kappa shape index (κ2) is 8.63. The Hall–Kier alpha value is -3.08. The molecule has 0 saturated heterocycles. The third-order valence-corrected chi connectivity index (χ3v) is 13.8.